The average molecular weight is 378 g/mol. The molecule has 0 aromatic rings. The van der Waals surface area contributed by atoms with E-state index in [9.17, 15) is 0 Å². The molecule has 1 heteroatoms. The highest BCUT2D eigenvalue weighted by atomic mass is 14.9. The lowest BCUT2D eigenvalue weighted by Gasteiger charge is -2.22. The number of nitrogens with one attached hydrogen (secondary N) is 1. The van der Waals surface area contributed by atoms with E-state index in [1.165, 1.54) is 154 Å². The minimum atomic E-state index is 0.817. The quantitative estimate of drug-likeness (QED) is 0.517. The summed E-state index contributed by atoms with van der Waals surface area (Å²) < 4.78 is 0. The van der Waals surface area contributed by atoms with Crippen LogP contribution in [0.25, 0.3) is 0 Å². The van der Waals surface area contributed by atoms with Gasteiger partial charge in [-0.25, -0.2) is 0 Å². The molecule has 0 spiro atoms. The molecule has 1 N–H and O–H groups in total. The molecule has 27 heavy (non-hydrogen) atoms. The first-order chi connectivity index (χ1) is 13.4. The molecule has 0 unspecified atom stereocenters. The van der Waals surface area contributed by atoms with Gasteiger partial charge in [-0.1, -0.05) is 128 Å². The lowest BCUT2D eigenvalue weighted by molar-refractivity contribution is 0.351. The van der Waals surface area contributed by atoms with Crippen molar-refractivity contribution >= 4 is 0 Å². The fraction of sp³-hybridized carbons (Fsp3) is 1.00. The van der Waals surface area contributed by atoms with Crippen LogP contribution < -0.4 is 5.32 Å². The van der Waals surface area contributed by atoms with Gasteiger partial charge in [0.05, 0.1) is 0 Å². The third-order valence-corrected chi connectivity index (χ3v) is 7.32. The molecule has 0 aromatic carbocycles. The topological polar surface area (TPSA) is 12.0 Å². The van der Waals surface area contributed by atoms with Crippen molar-refractivity contribution in [3.05, 3.63) is 0 Å². The summed E-state index contributed by atoms with van der Waals surface area (Å²) in [5.41, 5.74) is 0. The molecule has 2 fully saturated rings. The second-order valence-corrected chi connectivity index (χ2v) is 9.82. The molecule has 0 aromatic heterocycles. The predicted octanol–water partition coefficient (Wildman–Crippen LogP) is 8.56. The molecule has 0 heterocycles. The zero-order valence-electron chi connectivity index (χ0n) is 18.6. The molecule has 2 rings (SSSR count). The molecule has 0 amide bonds. The standard InChI is InChI=1S/C26H51N/c1-2-4-8-12-16-20-25(19-15-11-7-3-1)23-24-27-26-21-17-13-9-5-6-10-14-18-22-26/h25-27H,1-24H2. The highest BCUT2D eigenvalue weighted by molar-refractivity contribution is 4.71. The molecule has 0 radical (unpaired) electrons. The Morgan fingerprint density at radius 1 is 0.407 bits per heavy atom. The summed E-state index contributed by atoms with van der Waals surface area (Å²) in [5.74, 6) is 1.00. The zero-order valence-corrected chi connectivity index (χ0v) is 18.6. The smallest absolute Gasteiger partial charge is 0.00670 e. The van der Waals surface area contributed by atoms with Crippen molar-refractivity contribution in [1.29, 1.82) is 0 Å². The molecule has 0 bridgehead atoms. The van der Waals surface area contributed by atoms with Crippen molar-refractivity contribution in [2.75, 3.05) is 6.54 Å². The van der Waals surface area contributed by atoms with Crippen LogP contribution in [-0.2, 0) is 0 Å². The van der Waals surface area contributed by atoms with Gasteiger partial charge in [0, 0.05) is 6.04 Å². The Bertz CT molecular complexity index is 287. The van der Waals surface area contributed by atoms with Gasteiger partial charge in [-0.15, -0.1) is 0 Å². The van der Waals surface area contributed by atoms with Crippen LogP contribution in [0.3, 0.4) is 0 Å². The van der Waals surface area contributed by atoms with E-state index in [1.54, 1.807) is 0 Å². The predicted molar refractivity (Wildman–Crippen MR) is 121 cm³/mol. The van der Waals surface area contributed by atoms with E-state index in [0.717, 1.165) is 12.0 Å². The van der Waals surface area contributed by atoms with Crippen LogP contribution in [0.1, 0.15) is 148 Å². The Morgan fingerprint density at radius 3 is 1.15 bits per heavy atom. The van der Waals surface area contributed by atoms with E-state index < -0.39 is 0 Å². The second kappa shape index (κ2) is 16.9. The summed E-state index contributed by atoms with van der Waals surface area (Å²) in [6.07, 6.45) is 34.1. The van der Waals surface area contributed by atoms with Gasteiger partial charge < -0.3 is 5.32 Å². The van der Waals surface area contributed by atoms with Gasteiger partial charge in [0.1, 0.15) is 0 Å². The lowest BCUT2D eigenvalue weighted by Crippen LogP contribution is -2.31. The van der Waals surface area contributed by atoms with Gasteiger partial charge in [0.2, 0.25) is 0 Å². The first-order valence-electron chi connectivity index (χ1n) is 13.2. The van der Waals surface area contributed by atoms with Crippen LogP contribution >= 0.6 is 0 Å². The normalized spacial score (nSPS) is 24.9. The molecule has 0 aliphatic heterocycles. The molecule has 2 aliphatic rings. The van der Waals surface area contributed by atoms with Crippen LogP contribution in [0, 0.1) is 5.92 Å². The van der Waals surface area contributed by atoms with Crippen molar-refractivity contribution in [3.63, 3.8) is 0 Å². The van der Waals surface area contributed by atoms with E-state index in [0.29, 0.717) is 0 Å². The van der Waals surface area contributed by atoms with Gasteiger partial charge in [-0.05, 0) is 31.7 Å². The number of hydrogen-bond acceptors (Lipinski definition) is 1. The summed E-state index contributed by atoms with van der Waals surface area (Å²) in [4.78, 5) is 0. The summed E-state index contributed by atoms with van der Waals surface area (Å²) in [7, 11) is 0. The van der Waals surface area contributed by atoms with Gasteiger partial charge >= 0.3 is 0 Å². The van der Waals surface area contributed by atoms with Crippen molar-refractivity contribution in [1.82, 2.24) is 5.32 Å². The minimum Gasteiger partial charge on any atom is -0.314 e. The Balaban J connectivity index is 1.65. The SMILES string of the molecule is C1CCCCCCC(CCNC2CCCCCCCCCC2)CCCCC1. The van der Waals surface area contributed by atoms with E-state index in [2.05, 4.69) is 5.32 Å². The van der Waals surface area contributed by atoms with Crippen molar-refractivity contribution in [3.8, 4) is 0 Å². The van der Waals surface area contributed by atoms with Crippen LogP contribution in [-0.4, -0.2) is 12.6 Å². The Hall–Kier alpha value is -0.0400. The van der Waals surface area contributed by atoms with Crippen molar-refractivity contribution in [2.24, 2.45) is 5.92 Å². The summed E-state index contributed by atoms with van der Waals surface area (Å²) in [6.45, 7) is 1.29. The molecule has 0 saturated heterocycles. The third kappa shape index (κ3) is 12.9. The van der Waals surface area contributed by atoms with Gasteiger partial charge in [0.15, 0.2) is 0 Å². The number of hydrogen-bond donors (Lipinski definition) is 1. The Labute approximate surface area is 171 Å². The van der Waals surface area contributed by atoms with Crippen LogP contribution in [0.2, 0.25) is 0 Å². The van der Waals surface area contributed by atoms with Crippen LogP contribution in [0.15, 0.2) is 0 Å². The lowest BCUT2D eigenvalue weighted by atomic mass is 9.91. The molecule has 2 saturated carbocycles. The van der Waals surface area contributed by atoms with Crippen molar-refractivity contribution < 1.29 is 0 Å². The minimum absolute atomic E-state index is 0.817. The monoisotopic (exact) mass is 377 g/mol. The molecular formula is C26H51N. The maximum absolute atomic E-state index is 4.00. The Morgan fingerprint density at radius 2 is 0.741 bits per heavy atom. The first kappa shape index (κ1) is 23.2. The highest BCUT2D eigenvalue weighted by Gasteiger charge is 2.12. The molecule has 2 aliphatic carbocycles. The maximum Gasteiger partial charge on any atom is 0.00670 e. The first-order valence-corrected chi connectivity index (χ1v) is 13.2. The van der Waals surface area contributed by atoms with E-state index >= 15 is 0 Å². The molecular weight excluding hydrogens is 326 g/mol. The number of rotatable bonds is 4. The van der Waals surface area contributed by atoms with E-state index in [1.807, 2.05) is 0 Å². The zero-order chi connectivity index (χ0) is 18.8. The third-order valence-electron chi connectivity index (χ3n) is 7.32. The highest BCUT2D eigenvalue weighted by Crippen LogP contribution is 2.23. The fourth-order valence-electron chi connectivity index (χ4n) is 5.40. The van der Waals surface area contributed by atoms with Gasteiger partial charge in [0.25, 0.3) is 0 Å². The van der Waals surface area contributed by atoms with Gasteiger partial charge in [-0.3, -0.25) is 0 Å². The largest absolute Gasteiger partial charge is 0.314 e. The maximum atomic E-state index is 4.00. The molecule has 0 atom stereocenters. The Kier molecular flexibility index (Phi) is 14.5. The van der Waals surface area contributed by atoms with E-state index in [4.69, 9.17) is 0 Å². The summed E-state index contributed by atoms with van der Waals surface area (Å²) >= 11 is 0. The van der Waals surface area contributed by atoms with Gasteiger partial charge in [-0.2, -0.15) is 0 Å². The van der Waals surface area contributed by atoms with Crippen LogP contribution in [0.5, 0.6) is 0 Å². The van der Waals surface area contributed by atoms with E-state index in [-0.39, 0.29) is 0 Å². The molecule has 160 valence electrons. The summed E-state index contributed by atoms with van der Waals surface area (Å²) in [5, 5.41) is 4.00. The van der Waals surface area contributed by atoms with Crippen LogP contribution in [0.4, 0.5) is 0 Å². The second-order valence-electron chi connectivity index (χ2n) is 9.82. The average Bonchev–Trinajstić information content (AvgIpc) is 2.71. The summed E-state index contributed by atoms with van der Waals surface area (Å²) in [6, 6.07) is 0.817. The molecule has 1 nitrogen and oxygen atoms in total. The van der Waals surface area contributed by atoms with Crippen molar-refractivity contribution in [2.45, 2.75) is 154 Å². The fourth-order valence-corrected chi connectivity index (χ4v) is 5.40.